The molecule has 0 amide bonds. The lowest BCUT2D eigenvalue weighted by molar-refractivity contribution is -0.178. The molecular formula is C24H52O5Si3. The molecule has 0 radical (unpaired) electrons. The Labute approximate surface area is 201 Å². The molecule has 32 heavy (non-hydrogen) atoms. The van der Waals surface area contributed by atoms with Crippen LogP contribution >= 0.6 is 0 Å². The van der Waals surface area contributed by atoms with Gasteiger partial charge in [-0.15, -0.1) is 0 Å². The summed E-state index contributed by atoms with van der Waals surface area (Å²) in [5, 5.41) is 0.169. The van der Waals surface area contributed by atoms with Crippen LogP contribution in [0.2, 0.25) is 54.4 Å². The van der Waals surface area contributed by atoms with Gasteiger partial charge in [-0.3, -0.25) is 4.79 Å². The molecule has 3 atom stereocenters. The standard InChI is InChI=1S/C24H52O5Si3/c1-22(2,3)30(10,11)26-17-19-21(29-32(14,15)24(7,8)9)18(16-20(25)27-19)28-31(12,13)23(4,5)6/h18-19,21H,16-17H2,1-15H3/t18-,19-,21-/m1/s1. The molecule has 1 heterocycles. The second-order valence-corrected chi connectivity index (χ2v) is 28.4. The molecule has 8 heteroatoms. The van der Waals surface area contributed by atoms with Gasteiger partial charge in [0.25, 0.3) is 0 Å². The van der Waals surface area contributed by atoms with Crippen molar-refractivity contribution in [2.24, 2.45) is 0 Å². The maximum absolute atomic E-state index is 12.7. The van der Waals surface area contributed by atoms with Crippen molar-refractivity contribution in [1.82, 2.24) is 0 Å². The molecule has 5 nitrogen and oxygen atoms in total. The molecule has 0 aromatic carbocycles. The van der Waals surface area contributed by atoms with Crippen molar-refractivity contribution in [2.45, 2.75) is 141 Å². The van der Waals surface area contributed by atoms with Crippen molar-refractivity contribution >= 4 is 30.9 Å². The zero-order valence-electron chi connectivity index (χ0n) is 23.7. The fourth-order valence-corrected chi connectivity index (χ4v) is 6.45. The molecule has 190 valence electrons. The van der Waals surface area contributed by atoms with Gasteiger partial charge in [0, 0.05) is 0 Å². The van der Waals surface area contributed by atoms with Crippen molar-refractivity contribution < 1.29 is 22.8 Å². The monoisotopic (exact) mass is 504 g/mol. The third kappa shape index (κ3) is 7.25. The molecule has 1 aliphatic heterocycles. The number of carbonyl (C=O) groups is 1. The van der Waals surface area contributed by atoms with Gasteiger partial charge in [-0.05, 0) is 54.4 Å². The van der Waals surface area contributed by atoms with Crippen molar-refractivity contribution in [3.63, 3.8) is 0 Å². The minimum Gasteiger partial charge on any atom is -0.457 e. The van der Waals surface area contributed by atoms with Crippen LogP contribution in [-0.4, -0.2) is 55.8 Å². The van der Waals surface area contributed by atoms with Crippen LogP contribution in [0.25, 0.3) is 0 Å². The van der Waals surface area contributed by atoms with E-state index in [1.807, 2.05) is 0 Å². The van der Waals surface area contributed by atoms with Crippen LogP contribution in [0.5, 0.6) is 0 Å². The molecule has 0 N–H and O–H groups in total. The molecular weight excluding hydrogens is 453 g/mol. The highest BCUT2D eigenvalue weighted by Gasteiger charge is 2.51. The molecule has 1 rings (SSSR count). The molecule has 0 aliphatic carbocycles. The summed E-state index contributed by atoms with van der Waals surface area (Å²) in [4.78, 5) is 12.7. The van der Waals surface area contributed by atoms with Gasteiger partial charge in [-0.2, -0.15) is 0 Å². The molecule has 0 unspecified atom stereocenters. The Morgan fingerprint density at radius 2 is 1.16 bits per heavy atom. The Bertz CT molecular complexity index is 654. The number of carbonyl (C=O) groups excluding carboxylic acids is 1. The number of cyclic esters (lactones) is 1. The van der Waals surface area contributed by atoms with E-state index in [2.05, 4.69) is 102 Å². The van der Waals surface area contributed by atoms with E-state index in [1.165, 1.54) is 0 Å². The van der Waals surface area contributed by atoms with E-state index < -0.39 is 31.1 Å². The van der Waals surface area contributed by atoms with Crippen molar-refractivity contribution in [3.8, 4) is 0 Å². The van der Waals surface area contributed by atoms with Crippen LogP contribution in [0.15, 0.2) is 0 Å². The van der Waals surface area contributed by atoms with Crippen LogP contribution < -0.4 is 0 Å². The molecule has 1 aliphatic rings. The number of hydrogen-bond acceptors (Lipinski definition) is 5. The Kier molecular flexibility index (Phi) is 8.98. The first-order valence-electron chi connectivity index (χ1n) is 12.1. The Balaban J connectivity index is 3.31. The highest BCUT2D eigenvalue weighted by atomic mass is 28.4. The van der Waals surface area contributed by atoms with Gasteiger partial charge in [0.15, 0.2) is 31.1 Å². The third-order valence-electron chi connectivity index (χ3n) is 8.29. The van der Waals surface area contributed by atoms with E-state index >= 15 is 0 Å². The van der Waals surface area contributed by atoms with E-state index in [4.69, 9.17) is 18.0 Å². The van der Waals surface area contributed by atoms with Gasteiger partial charge in [0.1, 0.15) is 6.10 Å². The lowest BCUT2D eigenvalue weighted by Gasteiger charge is -2.48. The molecule has 1 fully saturated rings. The van der Waals surface area contributed by atoms with Gasteiger partial charge >= 0.3 is 5.97 Å². The lowest BCUT2D eigenvalue weighted by atomic mass is 10.0. The molecule has 0 aromatic heterocycles. The Hall–Kier alpha value is 0.000649. The fourth-order valence-electron chi connectivity index (χ4n) is 2.77. The molecule has 1 saturated heterocycles. The predicted octanol–water partition coefficient (Wildman–Crippen LogP) is 7.10. The average Bonchev–Trinajstić information content (AvgIpc) is 2.52. The van der Waals surface area contributed by atoms with Gasteiger partial charge in [0.2, 0.25) is 0 Å². The first-order valence-corrected chi connectivity index (χ1v) is 20.8. The number of hydrogen-bond donors (Lipinski definition) is 0. The zero-order valence-corrected chi connectivity index (χ0v) is 26.7. The molecule has 0 aromatic rings. The third-order valence-corrected chi connectivity index (χ3v) is 21.8. The van der Waals surface area contributed by atoms with Crippen molar-refractivity contribution in [2.75, 3.05) is 6.61 Å². The second kappa shape index (κ2) is 9.57. The number of rotatable bonds is 7. The van der Waals surface area contributed by atoms with E-state index in [1.54, 1.807) is 0 Å². The summed E-state index contributed by atoms with van der Waals surface area (Å²) in [6, 6.07) is 0. The SMILES string of the molecule is CC(C)(C)[Si](C)(C)OC[C@H]1OC(=O)C[C@@H](O[Si](C)(C)C(C)(C)C)[C@H]1O[Si](C)(C)C(C)(C)C. The molecule has 0 bridgehead atoms. The van der Waals surface area contributed by atoms with Crippen LogP contribution in [0.1, 0.15) is 68.7 Å². The van der Waals surface area contributed by atoms with Crippen LogP contribution in [0, 0.1) is 0 Å². The number of ether oxygens (including phenoxy) is 1. The second-order valence-electron chi connectivity index (χ2n) is 14.1. The Morgan fingerprint density at radius 3 is 1.56 bits per heavy atom. The predicted molar refractivity (Wildman–Crippen MR) is 142 cm³/mol. The van der Waals surface area contributed by atoms with E-state index in [0.29, 0.717) is 6.61 Å². The molecule has 0 spiro atoms. The Morgan fingerprint density at radius 1 is 0.750 bits per heavy atom. The van der Waals surface area contributed by atoms with Crippen molar-refractivity contribution in [3.05, 3.63) is 0 Å². The smallest absolute Gasteiger partial charge is 0.308 e. The minimum atomic E-state index is -2.13. The van der Waals surface area contributed by atoms with Gasteiger partial charge < -0.3 is 18.0 Å². The maximum atomic E-state index is 12.7. The lowest BCUT2D eigenvalue weighted by Crippen LogP contribution is -2.60. The average molecular weight is 505 g/mol. The highest BCUT2D eigenvalue weighted by molar-refractivity contribution is 6.75. The fraction of sp³-hybridized carbons (Fsp3) is 0.958. The van der Waals surface area contributed by atoms with Crippen molar-refractivity contribution in [1.29, 1.82) is 0 Å². The van der Waals surface area contributed by atoms with E-state index in [0.717, 1.165) is 0 Å². The summed E-state index contributed by atoms with van der Waals surface area (Å²) >= 11 is 0. The summed E-state index contributed by atoms with van der Waals surface area (Å²) in [5.41, 5.74) is 0. The summed E-state index contributed by atoms with van der Waals surface area (Å²) in [7, 11) is -6.24. The summed E-state index contributed by atoms with van der Waals surface area (Å²) in [6.45, 7) is 33.8. The molecule has 0 saturated carbocycles. The minimum absolute atomic E-state index is 0.0425. The summed E-state index contributed by atoms with van der Waals surface area (Å²) in [5.74, 6) is -0.215. The normalized spacial score (nSPS) is 24.5. The van der Waals surface area contributed by atoms with Crippen LogP contribution in [0.4, 0.5) is 0 Å². The van der Waals surface area contributed by atoms with Crippen LogP contribution in [-0.2, 0) is 22.8 Å². The highest BCUT2D eigenvalue weighted by Crippen LogP contribution is 2.43. The largest absolute Gasteiger partial charge is 0.457 e. The quantitative estimate of drug-likeness (QED) is 0.273. The number of esters is 1. The van der Waals surface area contributed by atoms with Gasteiger partial charge in [0.05, 0.1) is 19.1 Å². The first-order chi connectivity index (χ1) is 13.9. The first kappa shape index (κ1) is 30.0. The maximum Gasteiger partial charge on any atom is 0.308 e. The topological polar surface area (TPSA) is 54.0 Å². The summed E-state index contributed by atoms with van der Waals surface area (Å²) < 4.78 is 26.1. The van der Waals surface area contributed by atoms with Crippen LogP contribution in [0.3, 0.4) is 0 Å². The van der Waals surface area contributed by atoms with Gasteiger partial charge in [-0.25, -0.2) is 0 Å². The van der Waals surface area contributed by atoms with Gasteiger partial charge in [-0.1, -0.05) is 62.3 Å². The zero-order chi connectivity index (χ0) is 25.6. The summed E-state index contributed by atoms with van der Waals surface area (Å²) in [6.07, 6.45) is -0.830. The van der Waals surface area contributed by atoms with E-state index in [9.17, 15) is 4.79 Å². The van der Waals surface area contributed by atoms with E-state index in [-0.39, 0.29) is 39.7 Å².